The Morgan fingerprint density at radius 3 is 2.39 bits per heavy atom. The number of carbonyl (C=O) groups is 2. The minimum absolute atomic E-state index is 0.0434. The van der Waals surface area contributed by atoms with Gasteiger partial charge in [0, 0.05) is 12.0 Å². The number of benzene rings is 2. The van der Waals surface area contributed by atoms with Crippen LogP contribution in [0.25, 0.3) is 0 Å². The Morgan fingerprint density at radius 1 is 1.13 bits per heavy atom. The van der Waals surface area contributed by atoms with E-state index in [-0.39, 0.29) is 11.5 Å². The Morgan fingerprint density at radius 2 is 1.78 bits per heavy atom. The summed E-state index contributed by atoms with van der Waals surface area (Å²) in [6.45, 7) is 3.36. The molecule has 0 aliphatic rings. The smallest absolute Gasteiger partial charge is 0.265 e. The van der Waals surface area contributed by atoms with Crippen LogP contribution >= 0.6 is 0 Å². The summed E-state index contributed by atoms with van der Waals surface area (Å²) in [5.74, 6) is -0.449. The number of hydrogen-bond donors (Lipinski definition) is 1. The van der Waals surface area contributed by atoms with Crippen LogP contribution < -0.4 is 10.1 Å². The van der Waals surface area contributed by atoms with Gasteiger partial charge in [-0.3, -0.25) is 9.59 Å². The summed E-state index contributed by atoms with van der Waals surface area (Å²) in [4.78, 5) is 23.6. The van der Waals surface area contributed by atoms with E-state index in [4.69, 9.17) is 4.74 Å². The summed E-state index contributed by atoms with van der Waals surface area (Å²) in [5.41, 5.74) is 0.708. The van der Waals surface area contributed by atoms with Crippen molar-refractivity contribution in [3.8, 4) is 5.75 Å². The second kappa shape index (κ2) is 7.54. The molecule has 1 atom stereocenters. The molecule has 0 heterocycles. The first-order valence-electron chi connectivity index (χ1n) is 7.36. The highest BCUT2D eigenvalue weighted by Crippen LogP contribution is 2.17. The third-order valence-corrected chi connectivity index (χ3v) is 3.31. The monoisotopic (exact) mass is 315 g/mol. The van der Waals surface area contributed by atoms with Crippen molar-refractivity contribution in [2.24, 2.45) is 0 Å². The highest BCUT2D eigenvalue weighted by atomic mass is 19.1. The standard InChI is InChI=1S/C18H18FNO3/c1-3-17(21)13-8-10-14(11-9-13)23-12(2)18(22)20-16-7-5-4-6-15(16)19/h4-12H,3H2,1-2H3,(H,20,22)/t12-/m1/s1. The van der Waals surface area contributed by atoms with Gasteiger partial charge < -0.3 is 10.1 Å². The van der Waals surface area contributed by atoms with Crippen LogP contribution in [0.2, 0.25) is 0 Å². The molecule has 0 bridgehead atoms. The molecule has 0 aromatic heterocycles. The largest absolute Gasteiger partial charge is 0.481 e. The molecule has 1 amide bonds. The molecule has 23 heavy (non-hydrogen) atoms. The van der Waals surface area contributed by atoms with Crippen LogP contribution in [0.5, 0.6) is 5.75 Å². The molecule has 1 N–H and O–H groups in total. The number of hydrogen-bond acceptors (Lipinski definition) is 3. The van der Waals surface area contributed by atoms with Crippen LogP contribution in [0, 0.1) is 5.82 Å². The summed E-state index contributed by atoms with van der Waals surface area (Å²) >= 11 is 0. The predicted molar refractivity (Wildman–Crippen MR) is 86.2 cm³/mol. The number of anilines is 1. The molecule has 0 radical (unpaired) electrons. The average molecular weight is 315 g/mol. The zero-order chi connectivity index (χ0) is 16.8. The summed E-state index contributed by atoms with van der Waals surface area (Å²) in [6, 6.07) is 12.5. The summed E-state index contributed by atoms with van der Waals surface area (Å²) in [6.07, 6.45) is -0.371. The lowest BCUT2D eigenvalue weighted by Gasteiger charge is -2.15. The number of amides is 1. The zero-order valence-corrected chi connectivity index (χ0v) is 13.0. The van der Waals surface area contributed by atoms with Crippen molar-refractivity contribution in [1.29, 1.82) is 0 Å². The Bertz CT molecular complexity index is 698. The first kappa shape index (κ1) is 16.7. The van der Waals surface area contributed by atoms with Gasteiger partial charge >= 0.3 is 0 Å². The summed E-state index contributed by atoms with van der Waals surface area (Å²) in [5, 5.41) is 2.48. The number of para-hydroxylation sites is 1. The molecule has 0 unspecified atom stereocenters. The average Bonchev–Trinajstić information content (AvgIpc) is 2.56. The fraction of sp³-hybridized carbons (Fsp3) is 0.222. The maximum Gasteiger partial charge on any atom is 0.265 e. The number of carbonyl (C=O) groups excluding carboxylic acids is 2. The van der Waals surface area contributed by atoms with Crippen LogP contribution in [0.4, 0.5) is 10.1 Å². The van der Waals surface area contributed by atoms with Crippen molar-refractivity contribution in [3.63, 3.8) is 0 Å². The van der Waals surface area contributed by atoms with Crippen molar-refractivity contribution < 1.29 is 18.7 Å². The molecule has 0 fully saturated rings. The molecule has 120 valence electrons. The molecule has 0 aliphatic carbocycles. The maximum atomic E-state index is 13.5. The lowest BCUT2D eigenvalue weighted by molar-refractivity contribution is -0.122. The van der Waals surface area contributed by atoms with E-state index in [2.05, 4.69) is 5.32 Å². The van der Waals surface area contributed by atoms with E-state index in [1.165, 1.54) is 12.1 Å². The second-order valence-corrected chi connectivity index (χ2v) is 5.03. The third kappa shape index (κ3) is 4.39. The molecular weight excluding hydrogens is 297 g/mol. The van der Waals surface area contributed by atoms with Gasteiger partial charge in [-0.05, 0) is 43.3 Å². The summed E-state index contributed by atoms with van der Waals surface area (Å²) < 4.78 is 19.0. The molecule has 0 spiro atoms. The topological polar surface area (TPSA) is 55.4 Å². The van der Waals surface area contributed by atoms with Crippen LogP contribution in [0.3, 0.4) is 0 Å². The molecule has 2 aromatic carbocycles. The van der Waals surface area contributed by atoms with Crippen LogP contribution in [-0.2, 0) is 4.79 Å². The van der Waals surface area contributed by atoms with Gasteiger partial charge in [-0.2, -0.15) is 0 Å². The minimum Gasteiger partial charge on any atom is -0.481 e. The van der Waals surface area contributed by atoms with E-state index >= 15 is 0 Å². The van der Waals surface area contributed by atoms with E-state index in [9.17, 15) is 14.0 Å². The van der Waals surface area contributed by atoms with E-state index in [0.717, 1.165) is 0 Å². The van der Waals surface area contributed by atoms with Crippen LogP contribution in [-0.4, -0.2) is 17.8 Å². The molecule has 5 heteroatoms. The molecule has 0 saturated heterocycles. The maximum absolute atomic E-state index is 13.5. The van der Waals surface area contributed by atoms with Crippen molar-refractivity contribution in [2.75, 3.05) is 5.32 Å². The summed E-state index contributed by atoms with van der Waals surface area (Å²) in [7, 11) is 0. The van der Waals surface area contributed by atoms with Gasteiger partial charge in [-0.25, -0.2) is 4.39 Å². The van der Waals surface area contributed by atoms with Crippen molar-refractivity contribution in [1.82, 2.24) is 0 Å². The molecule has 2 rings (SSSR count). The quantitative estimate of drug-likeness (QED) is 0.824. The number of ketones is 1. The van der Waals surface area contributed by atoms with E-state index in [1.807, 2.05) is 0 Å². The number of Topliss-reactive ketones (excluding diaryl/α,β-unsaturated/α-hetero) is 1. The minimum atomic E-state index is -0.803. The number of nitrogens with one attached hydrogen (secondary N) is 1. The fourth-order valence-corrected chi connectivity index (χ4v) is 1.98. The molecular formula is C18H18FNO3. The Kier molecular flexibility index (Phi) is 5.46. The zero-order valence-electron chi connectivity index (χ0n) is 13.0. The Labute approximate surface area is 134 Å². The molecule has 0 aliphatic heterocycles. The third-order valence-electron chi connectivity index (χ3n) is 3.31. The van der Waals surface area contributed by atoms with Crippen LogP contribution in [0.1, 0.15) is 30.6 Å². The first-order valence-corrected chi connectivity index (χ1v) is 7.36. The Hall–Kier alpha value is -2.69. The van der Waals surface area contributed by atoms with E-state index in [1.54, 1.807) is 50.2 Å². The van der Waals surface area contributed by atoms with Gasteiger partial charge in [0.15, 0.2) is 11.9 Å². The van der Waals surface area contributed by atoms with Gasteiger partial charge in [-0.1, -0.05) is 19.1 Å². The number of rotatable bonds is 6. The van der Waals surface area contributed by atoms with E-state index in [0.29, 0.717) is 17.7 Å². The van der Waals surface area contributed by atoms with Crippen LogP contribution in [0.15, 0.2) is 48.5 Å². The SMILES string of the molecule is CCC(=O)c1ccc(O[C@H](C)C(=O)Nc2ccccc2F)cc1. The first-order chi connectivity index (χ1) is 11.0. The highest BCUT2D eigenvalue weighted by Gasteiger charge is 2.16. The highest BCUT2D eigenvalue weighted by molar-refractivity contribution is 5.96. The van der Waals surface area contributed by atoms with Gasteiger partial charge in [0.2, 0.25) is 0 Å². The fourth-order valence-electron chi connectivity index (χ4n) is 1.98. The van der Waals surface area contributed by atoms with E-state index < -0.39 is 17.8 Å². The number of ether oxygens (including phenoxy) is 1. The van der Waals surface area contributed by atoms with Gasteiger partial charge in [-0.15, -0.1) is 0 Å². The number of halogens is 1. The lowest BCUT2D eigenvalue weighted by Crippen LogP contribution is -2.30. The molecule has 2 aromatic rings. The van der Waals surface area contributed by atoms with Crippen molar-refractivity contribution >= 4 is 17.4 Å². The Balaban J connectivity index is 1.98. The van der Waals surface area contributed by atoms with Gasteiger partial charge in [0.25, 0.3) is 5.91 Å². The van der Waals surface area contributed by atoms with Gasteiger partial charge in [0.1, 0.15) is 11.6 Å². The second-order valence-electron chi connectivity index (χ2n) is 5.03. The normalized spacial score (nSPS) is 11.6. The predicted octanol–water partition coefficient (Wildman–Crippen LogP) is 3.82. The molecule has 0 saturated carbocycles. The molecule has 4 nitrogen and oxygen atoms in total. The van der Waals surface area contributed by atoms with Crippen molar-refractivity contribution in [2.45, 2.75) is 26.4 Å². The van der Waals surface area contributed by atoms with Gasteiger partial charge in [0.05, 0.1) is 5.69 Å². The lowest BCUT2D eigenvalue weighted by atomic mass is 10.1. The van der Waals surface area contributed by atoms with Crippen molar-refractivity contribution in [3.05, 3.63) is 59.9 Å².